The smallest absolute Gasteiger partial charge is 0.250 e. The van der Waals surface area contributed by atoms with Crippen LogP contribution in [0.1, 0.15) is 18.4 Å². The van der Waals surface area contributed by atoms with Crippen LogP contribution in [0, 0.1) is 0 Å². The van der Waals surface area contributed by atoms with Crippen LogP contribution in [0.4, 0.5) is 8.78 Å². The van der Waals surface area contributed by atoms with Crippen molar-refractivity contribution < 1.29 is 23.7 Å². The third-order valence-electron chi connectivity index (χ3n) is 3.47. The molecule has 1 aromatic rings. The highest BCUT2D eigenvalue weighted by Gasteiger charge is 2.56. The molecule has 0 aromatic heterocycles. The molecular formula is C12H15F2NO3. The molecule has 100 valence electrons. The number of rotatable bonds is 3. The minimum atomic E-state index is -2.72. The van der Waals surface area contributed by atoms with Gasteiger partial charge in [-0.2, -0.15) is 0 Å². The number of nitrogens with two attached hydrogens (primary N) is 1. The van der Waals surface area contributed by atoms with Gasteiger partial charge < -0.3 is 20.7 Å². The lowest BCUT2D eigenvalue weighted by atomic mass is 9.62. The second-order valence-electron chi connectivity index (χ2n) is 4.74. The van der Waals surface area contributed by atoms with E-state index in [4.69, 9.17) is 10.5 Å². The molecule has 0 amide bonds. The fourth-order valence-electron chi connectivity index (χ4n) is 2.46. The predicted octanol–water partition coefficient (Wildman–Crippen LogP) is 1.73. The van der Waals surface area contributed by atoms with E-state index in [-0.39, 0.29) is 25.1 Å². The van der Waals surface area contributed by atoms with Crippen molar-refractivity contribution in [3.05, 3.63) is 17.7 Å². The van der Waals surface area contributed by atoms with Gasteiger partial charge in [-0.25, -0.2) is 8.78 Å². The molecule has 1 aliphatic rings. The molecule has 1 aliphatic carbocycles. The molecule has 0 bridgehead atoms. The fraction of sp³-hybridized carbons (Fsp3) is 0.500. The van der Waals surface area contributed by atoms with Crippen LogP contribution in [0.2, 0.25) is 0 Å². The van der Waals surface area contributed by atoms with E-state index in [2.05, 4.69) is 0 Å². The summed E-state index contributed by atoms with van der Waals surface area (Å²) in [6.45, 7) is 0.0515. The van der Waals surface area contributed by atoms with Gasteiger partial charge in [0.15, 0.2) is 11.5 Å². The Morgan fingerprint density at radius 3 is 2.39 bits per heavy atom. The highest BCUT2D eigenvalue weighted by Crippen LogP contribution is 2.54. The molecule has 0 spiro atoms. The van der Waals surface area contributed by atoms with Crippen molar-refractivity contribution >= 4 is 0 Å². The lowest BCUT2D eigenvalue weighted by Crippen LogP contribution is -2.53. The van der Waals surface area contributed by atoms with Crippen molar-refractivity contribution in [2.75, 3.05) is 13.7 Å². The summed E-state index contributed by atoms with van der Waals surface area (Å²) >= 11 is 0. The van der Waals surface area contributed by atoms with E-state index < -0.39 is 22.8 Å². The Morgan fingerprint density at radius 1 is 1.33 bits per heavy atom. The Morgan fingerprint density at radius 2 is 1.94 bits per heavy atom. The van der Waals surface area contributed by atoms with E-state index in [1.807, 2.05) is 0 Å². The molecule has 4 nitrogen and oxygen atoms in total. The summed E-state index contributed by atoms with van der Waals surface area (Å²) in [6.07, 6.45) is -0.715. The number of hydrogen-bond acceptors (Lipinski definition) is 4. The Bertz CT molecular complexity index is 469. The number of hydrogen-bond donors (Lipinski definition) is 3. The molecule has 0 unspecified atom stereocenters. The normalized spacial score (nSPS) is 20.2. The van der Waals surface area contributed by atoms with Gasteiger partial charge in [0.05, 0.1) is 7.11 Å². The first-order chi connectivity index (χ1) is 8.33. The van der Waals surface area contributed by atoms with E-state index in [1.54, 1.807) is 0 Å². The van der Waals surface area contributed by atoms with E-state index >= 15 is 0 Å². The first-order valence-corrected chi connectivity index (χ1v) is 5.52. The number of alkyl halides is 2. The molecule has 2 rings (SSSR count). The van der Waals surface area contributed by atoms with Gasteiger partial charge in [0.25, 0.3) is 0 Å². The van der Waals surface area contributed by atoms with Crippen molar-refractivity contribution in [1.82, 2.24) is 0 Å². The van der Waals surface area contributed by atoms with E-state index in [1.165, 1.54) is 19.2 Å². The fourth-order valence-corrected chi connectivity index (χ4v) is 2.46. The van der Waals surface area contributed by atoms with Gasteiger partial charge in [-0.15, -0.1) is 0 Å². The van der Waals surface area contributed by atoms with Gasteiger partial charge >= 0.3 is 0 Å². The number of aromatic hydroxyl groups is 2. The van der Waals surface area contributed by atoms with Crippen molar-refractivity contribution in [2.24, 2.45) is 5.73 Å². The maximum absolute atomic E-state index is 13.1. The average Bonchev–Trinajstić information content (AvgIpc) is 2.28. The summed E-state index contributed by atoms with van der Waals surface area (Å²) < 4.78 is 31.0. The maximum Gasteiger partial charge on any atom is 0.250 e. The number of methoxy groups -OCH3 is 1. The Kier molecular flexibility index (Phi) is 2.85. The SMILES string of the molecule is COc1cc(C2(CN)CC(F)(F)C2)cc(O)c1O. The molecule has 0 saturated heterocycles. The second kappa shape index (κ2) is 3.98. The van der Waals surface area contributed by atoms with Gasteiger partial charge in [0, 0.05) is 24.8 Å². The Hall–Kier alpha value is -1.56. The van der Waals surface area contributed by atoms with Crippen LogP contribution in [0.3, 0.4) is 0 Å². The molecular weight excluding hydrogens is 244 g/mol. The largest absolute Gasteiger partial charge is 0.504 e. The minimum Gasteiger partial charge on any atom is -0.504 e. The van der Waals surface area contributed by atoms with Crippen LogP contribution in [0.15, 0.2) is 12.1 Å². The van der Waals surface area contributed by atoms with Gasteiger partial charge in [-0.05, 0) is 17.7 Å². The number of benzene rings is 1. The van der Waals surface area contributed by atoms with Crippen molar-refractivity contribution in [2.45, 2.75) is 24.2 Å². The van der Waals surface area contributed by atoms with Crippen LogP contribution in [-0.2, 0) is 5.41 Å². The van der Waals surface area contributed by atoms with Gasteiger partial charge in [0.2, 0.25) is 11.7 Å². The van der Waals surface area contributed by atoms with Crippen LogP contribution < -0.4 is 10.5 Å². The van der Waals surface area contributed by atoms with Crippen LogP contribution >= 0.6 is 0 Å². The topological polar surface area (TPSA) is 75.7 Å². The minimum absolute atomic E-state index is 0.0491. The van der Waals surface area contributed by atoms with Crippen LogP contribution in [0.5, 0.6) is 17.2 Å². The Balaban J connectivity index is 2.42. The zero-order valence-corrected chi connectivity index (χ0v) is 9.91. The second-order valence-corrected chi connectivity index (χ2v) is 4.74. The highest BCUT2D eigenvalue weighted by atomic mass is 19.3. The van der Waals surface area contributed by atoms with Crippen LogP contribution in [0.25, 0.3) is 0 Å². The lowest BCUT2D eigenvalue weighted by Gasteiger charge is -2.47. The summed E-state index contributed by atoms with van der Waals surface area (Å²) in [5.74, 6) is -3.47. The standard InChI is InChI=1S/C12H15F2NO3/c1-18-9-3-7(2-8(16)10(9)17)11(6-15)4-12(13,14)5-11/h2-3,16-17H,4-6,15H2,1H3. The number of halogens is 2. The molecule has 0 heterocycles. The molecule has 0 atom stereocenters. The van der Waals surface area contributed by atoms with E-state index in [0.717, 1.165) is 0 Å². The van der Waals surface area contributed by atoms with E-state index in [9.17, 15) is 19.0 Å². The molecule has 1 aromatic carbocycles. The van der Waals surface area contributed by atoms with Crippen molar-refractivity contribution in [3.8, 4) is 17.2 Å². The summed E-state index contributed by atoms with van der Waals surface area (Å²) in [6, 6.07) is 2.71. The van der Waals surface area contributed by atoms with Gasteiger partial charge in [-0.1, -0.05) is 0 Å². The molecule has 18 heavy (non-hydrogen) atoms. The lowest BCUT2D eigenvalue weighted by molar-refractivity contribution is -0.123. The summed E-state index contributed by atoms with van der Waals surface area (Å²) in [4.78, 5) is 0. The average molecular weight is 259 g/mol. The van der Waals surface area contributed by atoms with Gasteiger partial charge in [0.1, 0.15) is 0 Å². The van der Waals surface area contributed by atoms with Gasteiger partial charge in [-0.3, -0.25) is 0 Å². The third-order valence-corrected chi connectivity index (χ3v) is 3.47. The number of phenolic OH excluding ortho intramolecular Hbond substituents is 2. The molecule has 4 N–H and O–H groups in total. The highest BCUT2D eigenvalue weighted by molar-refractivity contribution is 5.54. The molecule has 1 saturated carbocycles. The van der Waals surface area contributed by atoms with Crippen LogP contribution in [-0.4, -0.2) is 29.8 Å². The molecule has 6 heteroatoms. The number of phenols is 2. The molecule has 0 radical (unpaired) electrons. The maximum atomic E-state index is 13.1. The predicted molar refractivity (Wildman–Crippen MR) is 61.2 cm³/mol. The summed E-state index contributed by atoms with van der Waals surface area (Å²) in [5, 5.41) is 19.1. The zero-order chi connectivity index (χ0) is 13.6. The quantitative estimate of drug-likeness (QED) is 0.723. The van der Waals surface area contributed by atoms with E-state index in [0.29, 0.717) is 5.56 Å². The third kappa shape index (κ3) is 1.86. The summed E-state index contributed by atoms with van der Waals surface area (Å²) in [5.41, 5.74) is 5.19. The number of ether oxygens (including phenoxy) is 1. The zero-order valence-electron chi connectivity index (χ0n) is 9.91. The first-order valence-electron chi connectivity index (χ1n) is 5.52. The first kappa shape index (κ1) is 12.9. The molecule has 0 aliphatic heterocycles. The molecule has 1 fully saturated rings. The Labute approximate surface area is 103 Å². The van der Waals surface area contributed by atoms with Crippen molar-refractivity contribution in [3.63, 3.8) is 0 Å². The monoisotopic (exact) mass is 259 g/mol. The van der Waals surface area contributed by atoms with Crippen molar-refractivity contribution in [1.29, 1.82) is 0 Å². The summed E-state index contributed by atoms with van der Waals surface area (Å²) in [7, 11) is 1.32.